The van der Waals surface area contributed by atoms with E-state index in [9.17, 15) is 9.59 Å². The van der Waals surface area contributed by atoms with Gasteiger partial charge in [0.2, 0.25) is 0 Å². The fourth-order valence-corrected chi connectivity index (χ4v) is 0.961. The molecule has 0 unspecified atom stereocenters. The second-order valence-corrected chi connectivity index (χ2v) is 3.12. The monoisotopic (exact) mass is 218 g/mol. The minimum absolute atomic E-state index is 0.385. The Morgan fingerprint density at radius 3 is 1.40 bits per heavy atom. The van der Waals surface area contributed by atoms with Crippen molar-refractivity contribution in [2.75, 3.05) is 13.1 Å². The van der Waals surface area contributed by atoms with Gasteiger partial charge in [0.1, 0.15) is 0 Å². The summed E-state index contributed by atoms with van der Waals surface area (Å²) in [6.45, 7) is 0.771. The smallest absolute Gasteiger partial charge is 0.328 e. The van der Waals surface area contributed by atoms with Crippen LogP contribution in [0.1, 0.15) is 19.3 Å². The molecule has 0 heterocycles. The molecule has 0 bridgehead atoms. The third-order valence-corrected chi connectivity index (χ3v) is 1.86. The van der Waals surface area contributed by atoms with Crippen molar-refractivity contribution < 1.29 is 9.59 Å². The lowest BCUT2D eigenvalue weighted by Crippen LogP contribution is -2.42. The highest BCUT2D eigenvalue weighted by molar-refractivity contribution is 5.71. The van der Waals surface area contributed by atoms with Crippen LogP contribution in [-0.2, 0) is 0 Å². The molecule has 0 saturated heterocycles. The summed E-state index contributed by atoms with van der Waals surface area (Å²) in [4.78, 5) is 21.0. The minimum Gasteiger partial charge on any atom is -0.350 e. The molecule has 15 heavy (non-hydrogen) atoms. The summed E-state index contributed by atoms with van der Waals surface area (Å²) in [5.74, 6) is 10.5. The van der Waals surface area contributed by atoms with Crippen LogP contribution >= 0.6 is 0 Å². The Labute approximate surface area is 88.1 Å². The second-order valence-electron chi connectivity index (χ2n) is 3.12. The number of primary amides is 2. The lowest BCUT2D eigenvalue weighted by atomic mass is 10.2. The summed E-state index contributed by atoms with van der Waals surface area (Å²) in [6, 6.07) is -1.32. The summed E-state index contributed by atoms with van der Waals surface area (Å²) in [5.41, 5.74) is 9.82. The Morgan fingerprint density at radius 2 is 1.13 bits per heavy atom. The maximum atomic E-state index is 10.5. The van der Waals surface area contributed by atoms with Crippen LogP contribution < -0.4 is 23.2 Å². The molecule has 0 aromatic carbocycles. The van der Waals surface area contributed by atoms with Crippen molar-refractivity contribution in [3.05, 3.63) is 0 Å². The molecular weight excluding hydrogens is 200 g/mol. The van der Waals surface area contributed by atoms with Crippen molar-refractivity contribution in [1.29, 1.82) is 0 Å². The zero-order valence-electron chi connectivity index (χ0n) is 8.56. The maximum absolute atomic E-state index is 10.5. The standard InChI is InChI=1S/C7H18N6O2/c8-6(14)12(10)4-2-1-3-5-13(11)7(9)15/h1-5,10-11H2,(H2,8,14)(H2,9,15). The highest BCUT2D eigenvalue weighted by Crippen LogP contribution is 1.97. The van der Waals surface area contributed by atoms with E-state index in [0.29, 0.717) is 25.9 Å². The number of urea groups is 2. The zero-order valence-corrected chi connectivity index (χ0v) is 8.56. The van der Waals surface area contributed by atoms with Gasteiger partial charge in [0, 0.05) is 13.1 Å². The largest absolute Gasteiger partial charge is 0.350 e. The fourth-order valence-electron chi connectivity index (χ4n) is 0.961. The van der Waals surface area contributed by atoms with Crippen molar-refractivity contribution in [3.8, 4) is 0 Å². The van der Waals surface area contributed by atoms with Gasteiger partial charge >= 0.3 is 12.1 Å². The van der Waals surface area contributed by atoms with E-state index in [1.54, 1.807) is 0 Å². The molecule has 0 saturated carbocycles. The van der Waals surface area contributed by atoms with Crippen LogP contribution in [0.5, 0.6) is 0 Å². The molecule has 0 aromatic heterocycles. The molecule has 8 heteroatoms. The van der Waals surface area contributed by atoms with Gasteiger partial charge < -0.3 is 11.5 Å². The molecule has 0 aliphatic rings. The molecule has 0 atom stereocenters. The van der Waals surface area contributed by atoms with Crippen LogP contribution in [0.3, 0.4) is 0 Å². The Morgan fingerprint density at radius 1 is 0.800 bits per heavy atom. The van der Waals surface area contributed by atoms with Crippen LogP contribution in [0.4, 0.5) is 9.59 Å². The summed E-state index contributed by atoms with van der Waals surface area (Å²) >= 11 is 0. The fraction of sp³-hybridized carbons (Fsp3) is 0.714. The highest BCUT2D eigenvalue weighted by atomic mass is 16.2. The van der Waals surface area contributed by atoms with Gasteiger partial charge in [-0.05, 0) is 19.3 Å². The van der Waals surface area contributed by atoms with Crippen molar-refractivity contribution in [2.24, 2.45) is 23.2 Å². The Hall–Kier alpha value is -1.54. The highest BCUT2D eigenvalue weighted by Gasteiger charge is 2.04. The molecule has 0 spiro atoms. The van der Waals surface area contributed by atoms with E-state index in [4.69, 9.17) is 23.2 Å². The molecule has 8 nitrogen and oxygen atoms in total. The Bertz CT molecular complexity index is 200. The first-order chi connectivity index (χ1) is 6.95. The third kappa shape index (κ3) is 6.52. The summed E-state index contributed by atoms with van der Waals surface area (Å²) in [5, 5.41) is 1.88. The van der Waals surface area contributed by atoms with E-state index in [-0.39, 0.29) is 0 Å². The molecular formula is C7H18N6O2. The second kappa shape index (κ2) is 6.85. The zero-order chi connectivity index (χ0) is 11.8. The van der Waals surface area contributed by atoms with Crippen molar-refractivity contribution >= 4 is 12.1 Å². The molecule has 0 fully saturated rings. The van der Waals surface area contributed by atoms with Gasteiger partial charge in [-0.2, -0.15) is 0 Å². The van der Waals surface area contributed by atoms with E-state index < -0.39 is 12.1 Å². The Balaban J connectivity index is 3.40. The van der Waals surface area contributed by atoms with Gasteiger partial charge in [0.05, 0.1) is 0 Å². The van der Waals surface area contributed by atoms with Crippen molar-refractivity contribution in [1.82, 2.24) is 10.0 Å². The number of hydrogen-bond donors (Lipinski definition) is 4. The number of hydrogen-bond acceptors (Lipinski definition) is 4. The third-order valence-electron chi connectivity index (χ3n) is 1.86. The topological polar surface area (TPSA) is 145 Å². The summed E-state index contributed by atoms with van der Waals surface area (Å²) < 4.78 is 0. The minimum atomic E-state index is -0.660. The van der Waals surface area contributed by atoms with Crippen LogP contribution in [0.25, 0.3) is 0 Å². The number of nitrogens with zero attached hydrogens (tertiary/aromatic N) is 2. The molecule has 88 valence electrons. The molecule has 0 radical (unpaired) electrons. The van der Waals surface area contributed by atoms with E-state index in [2.05, 4.69) is 0 Å². The number of amides is 4. The molecule has 0 aliphatic carbocycles. The quantitative estimate of drug-likeness (QED) is 0.189. The Kier molecular flexibility index (Phi) is 6.14. The molecule has 0 aliphatic heterocycles. The molecule has 4 amide bonds. The van der Waals surface area contributed by atoms with Crippen molar-refractivity contribution in [3.63, 3.8) is 0 Å². The lowest BCUT2D eigenvalue weighted by Gasteiger charge is -2.15. The van der Waals surface area contributed by atoms with Crippen LogP contribution in [-0.4, -0.2) is 35.2 Å². The van der Waals surface area contributed by atoms with Gasteiger partial charge in [-0.15, -0.1) is 0 Å². The number of carbonyl (C=O) groups excluding carboxylic acids is 2. The molecule has 0 aromatic rings. The first-order valence-corrected chi connectivity index (χ1v) is 4.58. The predicted octanol–water partition coefficient (Wildman–Crippen LogP) is -1.33. The number of nitrogens with two attached hydrogens (primary N) is 4. The summed E-state index contributed by atoms with van der Waals surface area (Å²) in [6.07, 6.45) is 2.18. The van der Waals surface area contributed by atoms with Crippen LogP contribution in [0, 0.1) is 0 Å². The number of carbonyl (C=O) groups is 2. The number of hydrazine groups is 2. The summed E-state index contributed by atoms with van der Waals surface area (Å²) in [7, 11) is 0. The van der Waals surface area contributed by atoms with Crippen LogP contribution in [0.15, 0.2) is 0 Å². The van der Waals surface area contributed by atoms with Gasteiger partial charge in [-0.25, -0.2) is 21.3 Å². The first-order valence-electron chi connectivity index (χ1n) is 4.58. The first kappa shape index (κ1) is 13.5. The molecule has 0 rings (SSSR count). The number of unbranched alkanes of at least 4 members (excludes halogenated alkanes) is 2. The van der Waals surface area contributed by atoms with Gasteiger partial charge in [-0.3, -0.25) is 10.0 Å². The average molecular weight is 218 g/mol. The number of rotatable bonds is 6. The molecule has 8 N–H and O–H groups in total. The van der Waals surface area contributed by atoms with Gasteiger partial charge in [0.25, 0.3) is 0 Å². The van der Waals surface area contributed by atoms with Crippen molar-refractivity contribution in [2.45, 2.75) is 19.3 Å². The van der Waals surface area contributed by atoms with E-state index in [1.165, 1.54) is 0 Å². The SMILES string of the molecule is NC(=O)N(N)CCCCCN(N)C(N)=O. The maximum Gasteiger partial charge on any atom is 0.328 e. The van der Waals surface area contributed by atoms with E-state index in [0.717, 1.165) is 16.4 Å². The van der Waals surface area contributed by atoms with Gasteiger partial charge in [0.15, 0.2) is 0 Å². The average Bonchev–Trinajstić information content (AvgIpc) is 2.16. The van der Waals surface area contributed by atoms with Gasteiger partial charge in [-0.1, -0.05) is 0 Å². The van der Waals surface area contributed by atoms with E-state index >= 15 is 0 Å². The van der Waals surface area contributed by atoms with E-state index in [1.807, 2.05) is 0 Å². The predicted molar refractivity (Wildman–Crippen MR) is 54.8 cm³/mol. The lowest BCUT2D eigenvalue weighted by molar-refractivity contribution is 0.204. The van der Waals surface area contributed by atoms with Crippen LogP contribution in [0.2, 0.25) is 0 Å². The normalized spacial score (nSPS) is 9.73.